The fraction of sp³-hybridized carbons (Fsp3) is 0.815. The Kier molecular flexibility index (Phi) is 21.1. The second kappa shape index (κ2) is 25.3. The van der Waals surface area contributed by atoms with Crippen LogP contribution < -0.4 is 0 Å². The van der Waals surface area contributed by atoms with Crippen molar-refractivity contribution >= 4 is 15.8 Å². The number of carbonyl (C=O) groups is 1. The van der Waals surface area contributed by atoms with Crippen LogP contribution in [0.2, 0.25) is 0 Å². The highest BCUT2D eigenvalue weighted by atomic mass is 32.2. The predicted octanol–water partition coefficient (Wildman–Crippen LogP) is 6.91. The molecule has 5 rings (SSSR count). The number of ether oxygens (including phenoxy) is 6. The molecule has 0 bridgehead atoms. The van der Waals surface area contributed by atoms with Crippen molar-refractivity contribution in [2.24, 2.45) is 29.1 Å². The molecule has 0 radical (unpaired) electrons. The van der Waals surface area contributed by atoms with Crippen LogP contribution in [0.5, 0.6) is 0 Å². The van der Waals surface area contributed by atoms with Crippen molar-refractivity contribution in [2.45, 2.75) is 204 Å². The number of nitriles is 1. The summed E-state index contributed by atoms with van der Waals surface area (Å²) in [6, 6.07) is 6.33. The van der Waals surface area contributed by atoms with Gasteiger partial charge in [0.25, 0.3) is 0 Å². The summed E-state index contributed by atoms with van der Waals surface area (Å²) in [6.45, 7) is 22.7. The van der Waals surface area contributed by atoms with Gasteiger partial charge in [-0.15, -0.1) is 5.10 Å². The first-order valence-corrected chi connectivity index (χ1v) is 28.0. The first kappa shape index (κ1) is 60.7. The van der Waals surface area contributed by atoms with Gasteiger partial charge >= 0.3 is 5.97 Å². The number of esters is 1. The van der Waals surface area contributed by atoms with Crippen LogP contribution >= 0.6 is 0 Å². The number of aromatic nitrogens is 3. The number of likely N-dealkylation sites (N-methyl/N-ethyl adjacent to an activating group) is 2. The predicted molar refractivity (Wildman–Crippen MR) is 275 cm³/mol. The van der Waals surface area contributed by atoms with E-state index >= 15 is 0 Å². The Hall–Kier alpha value is -3.16. The zero-order valence-corrected chi connectivity index (χ0v) is 47.2. The fourth-order valence-corrected chi connectivity index (χ4v) is 13.4. The average Bonchev–Trinajstić information content (AvgIpc) is 3.80. The topological polar surface area (TPSA) is 208 Å². The number of alkyl halides is 1. The quantitative estimate of drug-likeness (QED) is 0.164. The van der Waals surface area contributed by atoms with Gasteiger partial charge < -0.3 is 48.4 Å². The number of aliphatic hydroxyl groups is 2. The Labute approximate surface area is 435 Å². The molecule has 4 heterocycles. The maximum Gasteiger partial charge on any atom is 0.309 e. The van der Waals surface area contributed by atoms with Gasteiger partial charge in [-0.1, -0.05) is 58.9 Å². The molecule has 0 aliphatic carbocycles. The number of sulfone groups is 1. The molecule has 73 heavy (non-hydrogen) atoms. The number of methoxy groups -OCH3 is 2. The van der Waals surface area contributed by atoms with E-state index in [-0.39, 0.29) is 35.0 Å². The fourth-order valence-electron chi connectivity index (χ4n) is 12.5. The minimum Gasteiger partial charge on any atom is -0.459 e. The number of nitrogens with zero attached hydrogens (tertiary/aromatic N) is 6. The minimum atomic E-state index is -3.77. The van der Waals surface area contributed by atoms with Gasteiger partial charge in [0, 0.05) is 77.2 Å². The standard InChI is InChI=1S/C54H89FN6O11S/c1-16-45-54(11,64)49(62)38(7)60(13)31-33(2)27-52(8,9)50(36(5)47(37(6)51(63)71-45)44-29-53(10,68-15)28-35(4)69-44)72-46-26-41(25-34(3)70-46)59(12)23-21-40-32-61(58-57-40)43(30-55)48(67-14)39-17-19-42(20-18-39)73(65,66)24-22-56/h17-20,32-38,41,43-50,62,64H,16,21,23-31H2,1-15H3/t33-,34-,35+,36+,37-,38-,41+,43-,44-,45-,46+,47?,48-,49-,50-,53+,54-/m1/s1. The van der Waals surface area contributed by atoms with Gasteiger partial charge in [-0.05, 0) is 103 Å². The lowest BCUT2D eigenvalue weighted by atomic mass is 9.66. The number of aliphatic hydroxyl groups excluding tert-OH is 1. The van der Waals surface area contributed by atoms with E-state index < -0.39 is 106 Å². The maximum atomic E-state index is 14.8. The molecule has 0 saturated carbocycles. The summed E-state index contributed by atoms with van der Waals surface area (Å²) in [5.41, 5.74) is -1.48. The van der Waals surface area contributed by atoms with Crippen molar-refractivity contribution in [3.05, 3.63) is 41.7 Å². The van der Waals surface area contributed by atoms with E-state index in [1.54, 1.807) is 38.4 Å². The number of hydrogen-bond donors (Lipinski definition) is 2. The molecular formula is C54H89FN6O11S. The van der Waals surface area contributed by atoms with Crippen molar-refractivity contribution in [1.29, 1.82) is 5.26 Å². The zero-order chi connectivity index (χ0) is 54.4. The van der Waals surface area contributed by atoms with E-state index in [1.165, 1.54) is 23.9 Å². The van der Waals surface area contributed by atoms with Gasteiger partial charge in [-0.25, -0.2) is 17.5 Å². The highest BCUT2D eigenvalue weighted by molar-refractivity contribution is 7.91. The lowest BCUT2D eigenvalue weighted by Crippen LogP contribution is -2.59. The van der Waals surface area contributed by atoms with E-state index in [0.29, 0.717) is 56.5 Å². The van der Waals surface area contributed by atoms with Crippen molar-refractivity contribution in [3.63, 3.8) is 0 Å². The van der Waals surface area contributed by atoms with Crippen molar-refractivity contribution in [1.82, 2.24) is 24.8 Å². The summed E-state index contributed by atoms with van der Waals surface area (Å²) in [4.78, 5) is 19.0. The third-order valence-corrected chi connectivity index (χ3v) is 18.1. The number of hydrogen-bond acceptors (Lipinski definition) is 16. The molecule has 0 spiro atoms. The van der Waals surface area contributed by atoms with E-state index in [4.69, 9.17) is 33.7 Å². The zero-order valence-electron chi connectivity index (χ0n) is 46.4. The summed E-state index contributed by atoms with van der Waals surface area (Å²) in [6.07, 6.45) is 1.17. The van der Waals surface area contributed by atoms with E-state index in [1.807, 2.05) is 34.7 Å². The molecule has 19 heteroatoms. The third kappa shape index (κ3) is 14.7. The third-order valence-electron chi connectivity index (χ3n) is 16.6. The van der Waals surface area contributed by atoms with Gasteiger partial charge in [0.2, 0.25) is 0 Å². The molecular weight excluding hydrogens is 960 g/mol. The van der Waals surface area contributed by atoms with Gasteiger partial charge in [0.1, 0.15) is 42.4 Å². The lowest BCUT2D eigenvalue weighted by molar-refractivity contribution is -0.259. The Morgan fingerprint density at radius 2 is 1.68 bits per heavy atom. The van der Waals surface area contributed by atoms with Crippen molar-refractivity contribution in [2.75, 3.05) is 53.8 Å². The monoisotopic (exact) mass is 1050 g/mol. The van der Waals surface area contributed by atoms with Crippen LogP contribution in [0.25, 0.3) is 0 Å². The second-order valence-electron chi connectivity index (χ2n) is 23.1. The summed E-state index contributed by atoms with van der Waals surface area (Å²) < 4.78 is 80.2. The van der Waals surface area contributed by atoms with E-state index in [2.05, 4.69) is 68.7 Å². The summed E-state index contributed by atoms with van der Waals surface area (Å²) in [5, 5.41) is 41.3. The molecule has 17 nitrogen and oxygen atoms in total. The van der Waals surface area contributed by atoms with Crippen LogP contribution in [0, 0.1) is 40.4 Å². The summed E-state index contributed by atoms with van der Waals surface area (Å²) in [7, 11) is 3.44. The van der Waals surface area contributed by atoms with Gasteiger partial charge in [0.05, 0.1) is 52.6 Å². The highest BCUT2D eigenvalue weighted by Crippen LogP contribution is 2.47. The number of cyclic esters (lactones) is 1. The van der Waals surface area contributed by atoms with Crippen LogP contribution in [-0.4, -0.2) is 169 Å². The normalized spacial score (nSPS) is 36.4. The largest absolute Gasteiger partial charge is 0.459 e. The first-order chi connectivity index (χ1) is 34.1. The molecule has 1 aromatic heterocycles. The van der Waals surface area contributed by atoms with E-state index in [9.17, 15) is 27.8 Å². The molecule has 1 unspecified atom stereocenters. The van der Waals surface area contributed by atoms with Gasteiger partial charge in [0.15, 0.2) is 16.1 Å². The van der Waals surface area contributed by atoms with Gasteiger partial charge in [-0.3, -0.25) is 4.79 Å². The number of carbonyl (C=O) groups excluding carboxylic acids is 1. The lowest BCUT2D eigenvalue weighted by Gasteiger charge is -2.50. The first-order valence-electron chi connectivity index (χ1n) is 26.4. The minimum absolute atomic E-state index is 0.00144. The number of rotatable bonds is 16. The molecule has 3 saturated heterocycles. The molecule has 2 N–H and O–H groups in total. The molecule has 1 aromatic carbocycles. The van der Waals surface area contributed by atoms with Crippen LogP contribution in [-0.2, 0) is 49.5 Å². The molecule has 17 atom stereocenters. The molecule has 0 amide bonds. The molecule has 414 valence electrons. The highest BCUT2D eigenvalue weighted by Gasteiger charge is 2.52. The molecule has 3 aliphatic heterocycles. The van der Waals surface area contributed by atoms with Crippen LogP contribution in [0.3, 0.4) is 0 Å². The average molecular weight is 1050 g/mol. The Morgan fingerprint density at radius 1 is 1.01 bits per heavy atom. The van der Waals surface area contributed by atoms with E-state index in [0.717, 1.165) is 12.8 Å². The smallest absolute Gasteiger partial charge is 0.309 e. The SMILES string of the molecule is CC[C@H]1OC(=O)[C@H](C)C([C@H]2C[C@@](C)(OC)C[C@H](C)O2)[C@H](C)[C@@H](O[C@H]2C[C@@H](N(C)CCc3cn([C@H](CF)[C@H](OC)c4ccc(S(=O)(=O)CC#N)cc4)nn3)C[C@@H](C)O2)C(C)(C)C[C@@H](C)CN(C)[C@H](C)[C@@H](O)[C@]1(C)O. The van der Waals surface area contributed by atoms with Gasteiger partial charge in [-0.2, -0.15) is 5.26 Å². The summed E-state index contributed by atoms with van der Waals surface area (Å²) in [5.74, 6) is -2.36. The van der Waals surface area contributed by atoms with Crippen LogP contribution in [0.1, 0.15) is 138 Å². The molecule has 3 aliphatic rings. The Balaban J connectivity index is 1.41. The maximum absolute atomic E-state index is 14.8. The van der Waals surface area contributed by atoms with Crippen molar-refractivity contribution < 1.29 is 56.2 Å². The number of benzene rings is 1. The van der Waals surface area contributed by atoms with Crippen LogP contribution in [0.15, 0.2) is 35.4 Å². The second-order valence-corrected chi connectivity index (χ2v) is 25.1. The molecule has 2 aromatic rings. The Morgan fingerprint density at radius 3 is 2.29 bits per heavy atom. The number of halogens is 1. The summed E-state index contributed by atoms with van der Waals surface area (Å²) >= 11 is 0. The molecule has 3 fully saturated rings. The van der Waals surface area contributed by atoms with Crippen molar-refractivity contribution in [3.8, 4) is 6.07 Å². The Bertz CT molecular complexity index is 2230. The van der Waals surface area contributed by atoms with Crippen LogP contribution in [0.4, 0.5) is 4.39 Å².